The lowest BCUT2D eigenvalue weighted by Crippen LogP contribution is -2.40. The zero-order valence-corrected chi connectivity index (χ0v) is 19.9. The van der Waals surface area contributed by atoms with Gasteiger partial charge in [-0.05, 0) is 71.8 Å². The van der Waals surface area contributed by atoms with Gasteiger partial charge in [-0.15, -0.1) is 11.8 Å². The Kier molecular flexibility index (Phi) is 9.63. The third kappa shape index (κ3) is 7.24. The van der Waals surface area contributed by atoms with Crippen LogP contribution in [0.15, 0.2) is 23.8 Å². The number of hydrogen-bond acceptors (Lipinski definition) is 4. The van der Waals surface area contributed by atoms with E-state index in [2.05, 4.69) is 56.7 Å². The number of rotatable bonds is 9. The summed E-state index contributed by atoms with van der Waals surface area (Å²) in [6.45, 7) is 12.8. The third-order valence-corrected chi connectivity index (χ3v) is 7.03. The minimum Gasteiger partial charge on any atom is -0.392 e. The average Bonchev–Trinajstić information content (AvgIpc) is 3.19. The molecule has 0 unspecified atom stereocenters. The van der Waals surface area contributed by atoms with Crippen molar-refractivity contribution in [2.75, 3.05) is 26.8 Å². The van der Waals surface area contributed by atoms with Crippen molar-refractivity contribution in [2.45, 2.75) is 78.0 Å². The molecule has 0 amide bonds. The molecule has 2 saturated carbocycles. The Labute approximate surface area is 184 Å². The number of hydrogen-bond donors (Lipinski definition) is 2. The molecular weight excluding hydrogens is 374 g/mol. The van der Waals surface area contributed by atoms with E-state index in [1.165, 1.54) is 5.57 Å². The van der Waals surface area contributed by atoms with E-state index in [1.807, 2.05) is 19.9 Å². The van der Waals surface area contributed by atoms with Crippen LogP contribution in [0.3, 0.4) is 0 Å². The molecule has 0 radical (unpaired) electrons. The predicted octanol–water partition coefficient (Wildman–Crippen LogP) is 4.03. The maximum Gasteiger partial charge on any atom is 0.0755 e. The topological polar surface area (TPSA) is 52.9 Å². The van der Waals surface area contributed by atoms with Gasteiger partial charge in [0.1, 0.15) is 0 Å². The SMILES string of the molecule is CC#CC[C@@H](C)[C@H](O)/C=C/[C@@H]1[C@H]2C/C(=C/COCCN(C)C(C)(C)C)C[C@H]2C[C@H]1O. The smallest absolute Gasteiger partial charge is 0.0755 e. The van der Waals surface area contributed by atoms with Crippen molar-refractivity contribution in [3.8, 4) is 11.8 Å². The first-order chi connectivity index (χ1) is 14.1. The molecule has 4 heteroatoms. The molecule has 30 heavy (non-hydrogen) atoms. The highest BCUT2D eigenvalue weighted by Gasteiger charge is 2.45. The molecule has 0 heterocycles. The molecule has 2 aliphatic rings. The van der Waals surface area contributed by atoms with Crippen LogP contribution in [0.4, 0.5) is 0 Å². The molecule has 0 bridgehead atoms. The van der Waals surface area contributed by atoms with Crippen molar-refractivity contribution in [3.05, 3.63) is 23.8 Å². The lowest BCUT2D eigenvalue weighted by molar-refractivity contribution is 0.0946. The van der Waals surface area contributed by atoms with E-state index >= 15 is 0 Å². The van der Waals surface area contributed by atoms with Gasteiger partial charge in [-0.1, -0.05) is 30.7 Å². The van der Waals surface area contributed by atoms with Crippen molar-refractivity contribution in [1.82, 2.24) is 4.90 Å². The summed E-state index contributed by atoms with van der Waals surface area (Å²) in [7, 11) is 2.13. The zero-order valence-electron chi connectivity index (χ0n) is 19.9. The van der Waals surface area contributed by atoms with Crippen molar-refractivity contribution >= 4 is 0 Å². The Morgan fingerprint density at radius 2 is 2.03 bits per heavy atom. The van der Waals surface area contributed by atoms with E-state index in [0.29, 0.717) is 24.9 Å². The Morgan fingerprint density at radius 1 is 1.30 bits per heavy atom. The second kappa shape index (κ2) is 11.5. The lowest BCUT2D eigenvalue weighted by Gasteiger charge is -2.31. The lowest BCUT2D eigenvalue weighted by atomic mass is 9.89. The fourth-order valence-corrected chi connectivity index (χ4v) is 4.55. The minimum atomic E-state index is -0.506. The molecule has 0 aromatic carbocycles. The van der Waals surface area contributed by atoms with Crippen LogP contribution in [-0.4, -0.2) is 59.7 Å². The number of likely N-dealkylation sites (N-methyl/N-ethyl adjacent to an activating group) is 1. The number of ether oxygens (including phenoxy) is 1. The first-order valence-electron chi connectivity index (χ1n) is 11.5. The molecule has 170 valence electrons. The van der Waals surface area contributed by atoms with Gasteiger partial charge in [0.2, 0.25) is 0 Å². The van der Waals surface area contributed by atoms with Crippen molar-refractivity contribution < 1.29 is 14.9 Å². The highest BCUT2D eigenvalue weighted by Crippen LogP contribution is 2.50. The highest BCUT2D eigenvalue weighted by atomic mass is 16.5. The third-order valence-electron chi connectivity index (χ3n) is 7.03. The van der Waals surface area contributed by atoms with Crippen molar-refractivity contribution in [2.24, 2.45) is 23.7 Å². The van der Waals surface area contributed by atoms with Crippen LogP contribution in [0.1, 0.15) is 60.3 Å². The number of aliphatic hydroxyl groups is 2. The Hall–Kier alpha value is -1.12. The van der Waals surface area contributed by atoms with Gasteiger partial charge in [-0.2, -0.15) is 0 Å². The van der Waals surface area contributed by atoms with E-state index in [-0.39, 0.29) is 23.5 Å². The van der Waals surface area contributed by atoms with Crippen LogP contribution in [0.2, 0.25) is 0 Å². The second-order valence-corrected chi connectivity index (χ2v) is 10.2. The molecule has 2 N–H and O–H groups in total. The summed E-state index contributed by atoms with van der Waals surface area (Å²) in [4.78, 5) is 2.31. The highest BCUT2D eigenvalue weighted by molar-refractivity contribution is 5.18. The van der Waals surface area contributed by atoms with Crippen molar-refractivity contribution in [1.29, 1.82) is 0 Å². The second-order valence-electron chi connectivity index (χ2n) is 10.2. The van der Waals surface area contributed by atoms with Crippen LogP contribution >= 0.6 is 0 Å². The molecule has 0 aromatic rings. The molecule has 0 saturated heterocycles. The van der Waals surface area contributed by atoms with Gasteiger partial charge < -0.3 is 14.9 Å². The van der Waals surface area contributed by atoms with Gasteiger partial charge in [-0.3, -0.25) is 4.90 Å². The van der Waals surface area contributed by atoms with E-state index in [0.717, 1.165) is 32.4 Å². The predicted molar refractivity (Wildman–Crippen MR) is 124 cm³/mol. The normalized spacial score (nSPS) is 30.0. The average molecular weight is 418 g/mol. The van der Waals surface area contributed by atoms with E-state index in [4.69, 9.17) is 4.74 Å². The Morgan fingerprint density at radius 3 is 2.70 bits per heavy atom. The minimum absolute atomic E-state index is 0.108. The standard InChI is InChI=1S/C26H43NO3/c1-7-8-9-19(2)24(28)11-10-22-23-17-20(16-21(23)18-25(22)29)12-14-30-15-13-27(6)26(3,4)5/h10-12,19,21-25,28-29H,9,13-18H2,1-6H3/b11-10+,20-12+/t19-,21+,22-,23+,24-,25-/m1/s1. The van der Waals surface area contributed by atoms with Gasteiger partial charge in [0.15, 0.2) is 0 Å². The van der Waals surface area contributed by atoms with Gasteiger partial charge in [0, 0.05) is 24.4 Å². The van der Waals surface area contributed by atoms with Gasteiger partial charge in [-0.25, -0.2) is 0 Å². The van der Waals surface area contributed by atoms with Crippen LogP contribution in [0.5, 0.6) is 0 Å². The summed E-state index contributed by atoms with van der Waals surface area (Å²) in [5.41, 5.74) is 1.63. The molecule has 4 nitrogen and oxygen atoms in total. The van der Waals surface area contributed by atoms with Crippen LogP contribution in [0, 0.1) is 35.5 Å². The van der Waals surface area contributed by atoms with Gasteiger partial charge in [0.25, 0.3) is 0 Å². The number of aliphatic hydroxyl groups excluding tert-OH is 2. The van der Waals surface area contributed by atoms with Gasteiger partial charge >= 0.3 is 0 Å². The molecule has 2 fully saturated rings. The van der Waals surface area contributed by atoms with E-state index < -0.39 is 6.10 Å². The van der Waals surface area contributed by atoms with Crippen LogP contribution in [-0.2, 0) is 4.74 Å². The summed E-state index contributed by atoms with van der Waals surface area (Å²) in [5.74, 6) is 7.20. The molecule has 2 rings (SSSR count). The number of fused-ring (bicyclic) bond motifs is 1. The van der Waals surface area contributed by atoms with E-state index in [9.17, 15) is 10.2 Å². The van der Waals surface area contributed by atoms with Gasteiger partial charge in [0.05, 0.1) is 25.4 Å². The van der Waals surface area contributed by atoms with Crippen LogP contribution in [0.25, 0.3) is 0 Å². The largest absolute Gasteiger partial charge is 0.392 e. The first kappa shape index (κ1) is 25.1. The molecule has 0 spiro atoms. The summed E-state index contributed by atoms with van der Waals surface area (Å²) in [5, 5.41) is 20.9. The summed E-state index contributed by atoms with van der Waals surface area (Å²) >= 11 is 0. The summed E-state index contributed by atoms with van der Waals surface area (Å²) in [6, 6.07) is 0. The maximum atomic E-state index is 10.5. The maximum absolute atomic E-state index is 10.5. The Bertz CT molecular complexity index is 651. The molecule has 6 atom stereocenters. The van der Waals surface area contributed by atoms with Crippen molar-refractivity contribution in [3.63, 3.8) is 0 Å². The fraction of sp³-hybridized carbons (Fsp3) is 0.769. The first-order valence-corrected chi connectivity index (χ1v) is 11.5. The monoisotopic (exact) mass is 417 g/mol. The molecule has 0 aliphatic heterocycles. The molecule has 0 aromatic heterocycles. The van der Waals surface area contributed by atoms with Crippen LogP contribution < -0.4 is 0 Å². The quantitative estimate of drug-likeness (QED) is 0.338. The fourth-order valence-electron chi connectivity index (χ4n) is 4.55. The number of allylic oxidation sites excluding steroid dienone is 1. The summed E-state index contributed by atoms with van der Waals surface area (Å²) < 4.78 is 5.84. The molecule has 2 aliphatic carbocycles. The Balaban J connectivity index is 1.81. The number of nitrogens with zero attached hydrogens (tertiary/aromatic N) is 1. The molecular formula is C26H43NO3. The zero-order chi connectivity index (χ0) is 22.3. The summed E-state index contributed by atoms with van der Waals surface area (Å²) in [6.07, 6.45) is 9.07. The van der Waals surface area contributed by atoms with E-state index in [1.54, 1.807) is 0 Å².